The van der Waals surface area contributed by atoms with Crippen LogP contribution in [0.2, 0.25) is 0 Å². The van der Waals surface area contributed by atoms with Gasteiger partial charge in [-0.05, 0) is 12.1 Å². The Morgan fingerprint density at radius 1 is 1.33 bits per heavy atom. The molecule has 3 aromatic rings. The van der Waals surface area contributed by atoms with Crippen LogP contribution in [0, 0.1) is 11.3 Å². The van der Waals surface area contributed by atoms with Gasteiger partial charge in [0, 0.05) is 30.9 Å². The van der Waals surface area contributed by atoms with E-state index in [1.54, 1.807) is 10.9 Å². The summed E-state index contributed by atoms with van der Waals surface area (Å²) in [6.07, 6.45) is 3.65. The number of hydrogen-bond donors (Lipinski definition) is 1. The average molecular weight is 279 g/mol. The molecule has 0 amide bonds. The Kier molecular flexibility index (Phi) is 3.39. The molecule has 104 valence electrons. The van der Waals surface area contributed by atoms with Crippen molar-refractivity contribution >= 4 is 5.88 Å². The van der Waals surface area contributed by atoms with Crippen molar-refractivity contribution in [1.82, 2.24) is 14.8 Å². The number of benzene rings is 1. The van der Waals surface area contributed by atoms with Crippen LogP contribution in [0.3, 0.4) is 0 Å². The van der Waals surface area contributed by atoms with Gasteiger partial charge >= 0.3 is 0 Å². The first-order valence-electron chi connectivity index (χ1n) is 6.44. The molecule has 0 aliphatic carbocycles. The lowest BCUT2D eigenvalue weighted by atomic mass is 10.2. The topological polar surface area (TPSA) is 79.7 Å². The average Bonchev–Trinajstić information content (AvgIpc) is 3.12. The minimum Gasteiger partial charge on any atom is -0.419 e. The van der Waals surface area contributed by atoms with Crippen molar-refractivity contribution in [2.45, 2.75) is 6.54 Å². The molecule has 0 fully saturated rings. The van der Waals surface area contributed by atoms with Crippen LogP contribution in [0.15, 0.2) is 47.1 Å². The van der Waals surface area contributed by atoms with Crippen molar-refractivity contribution in [2.24, 2.45) is 7.05 Å². The van der Waals surface area contributed by atoms with Crippen LogP contribution in [-0.2, 0) is 13.6 Å². The zero-order valence-corrected chi connectivity index (χ0v) is 11.4. The summed E-state index contributed by atoms with van der Waals surface area (Å²) >= 11 is 0. The van der Waals surface area contributed by atoms with Gasteiger partial charge in [0.25, 0.3) is 0 Å². The highest BCUT2D eigenvalue weighted by Crippen LogP contribution is 2.25. The fraction of sp³-hybridized carbons (Fsp3) is 0.133. The number of nitrogens with one attached hydrogen (secondary N) is 1. The number of nitriles is 1. The van der Waals surface area contributed by atoms with Gasteiger partial charge < -0.3 is 9.73 Å². The highest BCUT2D eigenvalue weighted by Gasteiger charge is 2.14. The monoisotopic (exact) mass is 279 g/mol. The molecule has 0 saturated carbocycles. The number of rotatable bonds is 4. The second-order valence-corrected chi connectivity index (χ2v) is 4.55. The predicted molar refractivity (Wildman–Crippen MR) is 77.2 cm³/mol. The van der Waals surface area contributed by atoms with Crippen molar-refractivity contribution in [2.75, 3.05) is 5.32 Å². The summed E-state index contributed by atoms with van der Waals surface area (Å²) < 4.78 is 7.37. The van der Waals surface area contributed by atoms with Gasteiger partial charge in [0.1, 0.15) is 6.07 Å². The molecule has 0 bridgehead atoms. The molecule has 0 spiro atoms. The first kappa shape index (κ1) is 12.9. The standard InChI is InChI=1S/C15H13N5O/c1-20-10-11(9-18-20)8-17-15-13(7-16)19-14(21-15)12-5-3-2-4-6-12/h2-6,9-10,17H,8H2,1H3. The summed E-state index contributed by atoms with van der Waals surface area (Å²) in [4.78, 5) is 4.21. The molecule has 6 nitrogen and oxygen atoms in total. The number of aromatic nitrogens is 3. The Labute approximate surface area is 121 Å². The largest absolute Gasteiger partial charge is 0.419 e. The Hall–Kier alpha value is -3.07. The zero-order valence-electron chi connectivity index (χ0n) is 11.4. The van der Waals surface area contributed by atoms with Gasteiger partial charge in [-0.3, -0.25) is 4.68 Å². The first-order valence-corrected chi connectivity index (χ1v) is 6.44. The lowest BCUT2D eigenvalue weighted by molar-refractivity contribution is 0.585. The maximum Gasteiger partial charge on any atom is 0.232 e. The SMILES string of the molecule is Cn1cc(CNc2oc(-c3ccccc3)nc2C#N)cn1. The summed E-state index contributed by atoms with van der Waals surface area (Å²) in [5, 5.41) is 16.3. The third-order valence-corrected chi connectivity index (χ3v) is 2.97. The molecule has 2 aromatic heterocycles. The van der Waals surface area contributed by atoms with Crippen LogP contribution in [0.1, 0.15) is 11.3 Å². The Bertz CT molecular complexity index is 782. The molecular weight excluding hydrogens is 266 g/mol. The van der Waals surface area contributed by atoms with E-state index in [2.05, 4.69) is 15.4 Å². The van der Waals surface area contributed by atoms with Crippen molar-refractivity contribution in [3.8, 4) is 17.5 Å². The summed E-state index contributed by atoms with van der Waals surface area (Å²) in [6.45, 7) is 0.520. The van der Waals surface area contributed by atoms with Crippen LogP contribution in [0.4, 0.5) is 5.88 Å². The van der Waals surface area contributed by atoms with Gasteiger partial charge in [-0.25, -0.2) is 0 Å². The highest BCUT2D eigenvalue weighted by molar-refractivity contribution is 5.58. The fourth-order valence-corrected chi connectivity index (χ4v) is 1.97. The maximum atomic E-state index is 9.15. The molecular formula is C15H13N5O. The molecule has 0 radical (unpaired) electrons. The van der Waals surface area contributed by atoms with Crippen LogP contribution in [-0.4, -0.2) is 14.8 Å². The van der Waals surface area contributed by atoms with Gasteiger partial charge in [-0.2, -0.15) is 15.3 Å². The predicted octanol–water partition coefficient (Wildman–Crippen LogP) is 2.56. The van der Waals surface area contributed by atoms with E-state index in [4.69, 9.17) is 9.68 Å². The third-order valence-electron chi connectivity index (χ3n) is 2.97. The van der Waals surface area contributed by atoms with E-state index in [0.717, 1.165) is 11.1 Å². The van der Waals surface area contributed by atoms with E-state index in [0.29, 0.717) is 18.3 Å². The number of aryl methyl sites for hydroxylation is 1. The summed E-state index contributed by atoms with van der Waals surface area (Å²) in [5.41, 5.74) is 2.08. The second kappa shape index (κ2) is 5.51. The van der Waals surface area contributed by atoms with Crippen molar-refractivity contribution < 1.29 is 4.42 Å². The second-order valence-electron chi connectivity index (χ2n) is 4.55. The molecule has 0 aliphatic rings. The minimum atomic E-state index is 0.248. The molecule has 0 saturated heterocycles. The van der Waals surface area contributed by atoms with E-state index in [1.165, 1.54) is 0 Å². The number of oxazole rings is 1. The Balaban J connectivity index is 1.82. The first-order chi connectivity index (χ1) is 10.3. The van der Waals surface area contributed by atoms with E-state index in [1.807, 2.05) is 49.6 Å². The number of anilines is 1. The minimum absolute atomic E-state index is 0.248. The van der Waals surface area contributed by atoms with Crippen LogP contribution in [0.25, 0.3) is 11.5 Å². The lowest BCUT2D eigenvalue weighted by Gasteiger charge is -1.99. The number of hydrogen-bond acceptors (Lipinski definition) is 5. The highest BCUT2D eigenvalue weighted by atomic mass is 16.4. The number of nitrogens with zero attached hydrogens (tertiary/aromatic N) is 4. The van der Waals surface area contributed by atoms with Crippen LogP contribution in [0.5, 0.6) is 0 Å². The Morgan fingerprint density at radius 2 is 2.14 bits per heavy atom. The van der Waals surface area contributed by atoms with Gasteiger partial charge in [-0.15, -0.1) is 0 Å². The molecule has 1 aromatic carbocycles. The molecule has 2 heterocycles. The van der Waals surface area contributed by atoms with Gasteiger partial charge in [-0.1, -0.05) is 18.2 Å². The van der Waals surface area contributed by atoms with Crippen molar-refractivity contribution in [3.05, 3.63) is 54.0 Å². The molecule has 6 heteroatoms. The molecule has 0 unspecified atom stereocenters. The smallest absolute Gasteiger partial charge is 0.232 e. The van der Waals surface area contributed by atoms with Crippen molar-refractivity contribution in [3.63, 3.8) is 0 Å². The quantitative estimate of drug-likeness (QED) is 0.794. The van der Waals surface area contributed by atoms with E-state index in [9.17, 15) is 0 Å². The van der Waals surface area contributed by atoms with E-state index >= 15 is 0 Å². The van der Waals surface area contributed by atoms with E-state index < -0.39 is 0 Å². The maximum absolute atomic E-state index is 9.15. The third kappa shape index (κ3) is 2.77. The van der Waals surface area contributed by atoms with Gasteiger partial charge in [0.2, 0.25) is 17.5 Å². The van der Waals surface area contributed by atoms with Crippen LogP contribution >= 0.6 is 0 Å². The summed E-state index contributed by atoms with van der Waals surface area (Å²) in [6, 6.07) is 11.5. The fourth-order valence-electron chi connectivity index (χ4n) is 1.97. The lowest BCUT2D eigenvalue weighted by Crippen LogP contribution is -1.98. The normalized spacial score (nSPS) is 10.3. The van der Waals surface area contributed by atoms with E-state index in [-0.39, 0.29) is 5.69 Å². The summed E-state index contributed by atoms with van der Waals surface area (Å²) in [5.74, 6) is 0.807. The van der Waals surface area contributed by atoms with Crippen LogP contribution < -0.4 is 5.32 Å². The molecule has 21 heavy (non-hydrogen) atoms. The van der Waals surface area contributed by atoms with Gasteiger partial charge in [0.15, 0.2) is 0 Å². The molecule has 0 atom stereocenters. The summed E-state index contributed by atoms with van der Waals surface area (Å²) in [7, 11) is 1.85. The molecule has 1 N–H and O–H groups in total. The van der Waals surface area contributed by atoms with Crippen molar-refractivity contribution in [1.29, 1.82) is 5.26 Å². The Morgan fingerprint density at radius 3 is 2.81 bits per heavy atom. The molecule has 3 rings (SSSR count). The zero-order chi connectivity index (χ0) is 14.7. The molecule has 0 aliphatic heterocycles. The van der Waals surface area contributed by atoms with Gasteiger partial charge in [0.05, 0.1) is 6.20 Å².